The van der Waals surface area contributed by atoms with Gasteiger partial charge < -0.3 is 33.8 Å². The van der Waals surface area contributed by atoms with Crippen LogP contribution in [-0.4, -0.2) is 69.2 Å². The molecule has 13 heteroatoms. The van der Waals surface area contributed by atoms with Crippen LogP contribution >= 0.6 is 0 Å². The fourth-order valence-electron chi connectivity index (χ4n) is 1.59. The van der Waals surface area contributed by atoms with Crippen molar-refractivity contribution in [2.45, 2.75) is 39.4 Å². The first kappa shape index (κ1) is 25.2. The number of hydrogen-bond donors (Lipinski definition) is 1. The van der Waals surface area contributed by atoms with E-state index < -0.39 is 36.1 Å². The molecule has 28 heavy (non-hydrogen) atoms. The zero-order valence-corrected chi connectivity index (χ0v) is 15.9. The summed E-state index contributed by atoms with van der Waals surface area (Å²) in [6.45, 7) is 2.61. The predicted molar refractivity (Wildman–Crippen MR) is 90.6 cm³/mol. The number of alkyl carbamates (subject to hydrolysis) is 1. The third kappa shape index (κ3) is 16.6. The highest BCUT2D eigenvalue weighted by molar-refractivity contribution is 5.78. The molecule has 0 fully saturated rings. The van der Waals surface area contributed by atoms with Crippen molar-refractivity contribution in [3.05, 3.63) is 10.1 Å². The number of rotatable bonds is 15. The normalized spacial score (nSPS) is 11.1. The molecule has 1 amide bonds. The molecule has 0 aliphatic heterocycles. The first-order chi connectivity index (χ1) is 13.3. The zero-order chi connectivity index (χ0) is 21.2. The van der Waals surface area contributed by atoms with Gasteiger partial charge in [-0.25, -0.2) is 9.59 Å². The van der Waals surface area contributed by atoms with Gasteiger partial charge >= 0.3 is 18.2 Å². The summed E-state index contributed by atoms with van der Waals surface area (Å²) in [5, 5.41) is 11.0. The Bertz CT molecular complexity index is 487. The second-order valence-electron chi connectivity index (χ2n) is 5.14. The van der Waals surface area contributed by atoms with Crippen molar-refractivity contribution < 1.29 is 48.0 Å². The maximum atomic E-state index is 11.5. The summed E-state index contributed by atoms with van der Waals surface area (Å²) in [5.41, 5.74) is 0. The molecule has 0 aromatic heterocycles. The van der Waals surface area contributed by atoms with Crippen LogP contribution in [0.25, 0.3) is 0 Å². The van der Waals surface area contributed by atoms with Gasteiger partial charge in [0.05, 0.1) is 19.8 Å². The fourth-order valence-corrected chi connectivity index (χ4v) is 1.59. The van der Waals surface area contributed by atoms with E-state index in [1.807, 2.05) is 6.92 Å². The van der Waals surface area contributed by atoms with Crippen molar-refractivity contribution in [1.82, 2.24) is 5.32 Å². The van der Waals surface area contributed by atoms with Crippen LogP contribution in [0.15, 0.2) is 0 Å². The van der Waals surface area contributed by atoms with Crippen molar-refractivity contribution >= 4 is 18.2 Å². The summed E-state index contributed by atoms with van der Waals surface area (Å²) in [4.78, 5) is 48.1. The number of carbonyl (C=O) groups is 3. The largest absolute Gasteiger partial charge is 0.511 e. The lowest BCUT2D eigenvalue weighted by Crippen LogP contribution is -2.34. The van der Waals surface area contributed by atoms with Crippen molar-refractivity contribution in [3.8, 4) is 0 Å². The average Bonchev–Trinajstić information content (AvgIpc) is 2.62. The number of nitrogens with zero attached hydrogens (tertiary/aromatic N) is 1. The lowest BCUT2D eigenvalue weighted by molar-refractivity contribution is -0.758. The van der Waals surface area contributed by atoms with Crippen LogP contribution in [0, 0.1) is 10.1 Å². The van der Waals surface area contributed by atoms with Crippen molar-refractivity contribution in [2.24, 2.45) is 0 Å². The molecule has 13 nitrogen and oxygen atoms in total. The second kappa shape index (κ2) is 16.4. The van der Waals surface area contributed by atoms with Crippen LogP contribution in [0.1, 0.15) is 33.1 Å². The smallest absolute Gasteiger partial charge is 0.447 e. The summed E-state index contributed by atoms with van der Waals surface area (Å²) < 4.78 is 23.9. The molecule has 1 atom stereocenters. The molecule has 0 saturated carbocycles. The van der Waals surface area contributed by atoms with E-state index in [1.165, 1.54) is 6.92 Å². The Balaban J connectivity index is 3.68. The number of hydrogen-bond acceptors (Lipinski definition) is 11. The van der Waals surface area contributed by atoms with Crippen molar-refractivity contribution in [2.75, 3.05) is 39.6 Å². The van der Waals surface area contributed by atoms with E-state index in [2.05, 4.69) is 10.2 Å². The summed E-state index contributed by atoms with van der Waals surface area (Å²) in [6, 6.07) is 0. The number of nitrogens with one attached hydrogen (secondary N) is 1. The SMILES string of the molecule is CCCCCOC(=O)OC(C)OC(=O)CNC(=O)OCCOCCO[N+](=O)[O-]. The predicted octanol–water partition coefficient (Wildman–Crippen LogP) is 1.17. The molecule has 0 rings (SSSR count). The van der Waals surface area contributed by atoms with Crippen molar-refractivity contribution in [3.63, 3.8) is 0 Å². The molecule has 1 N–H and O–H groups in total. The van der Waals surface area contributed by atoms with E-state index in [4.69, 9.17) is 23.7 Å². The van der Waals surface area contributed by atoms with E-state index >= 15 is 0 Å². The maximum absolute atomic E-state index is 11.5. The van der Waals surface area contributed by atoms with Gasteiger partial charge in [-0.3, -0.25) is 4.79 Å². The Kier molecular flexibility index (Phi) is 14.7. The van der Waals surface area contributed by atoms with E-state index in [1.54, 1.807) is 0 Å². The molecule has 0 aromatic rings. The van der Waals surface area contributed by atoms with Gasteiger partial charge in [-0.05, 0) is 6.42 Å². The molecule has 0 saturated heterocycles. The standard InChI is InChI=1S/C15H26N2O11/c1-3-4-5-6-25-15(20)28-12(2)27-13(18)11-16-14(19)24-9-7-23-8-10-26-17(21)22/h12H,3-11H2,1-2H3,(H,16,19). The van der Waals surface area contributed by atoms with Gasteiger partial charge in [-0.1, -0.05) is 19.8 Å². The van der Waals surface area contributed by atoms with E-state index in [0.717, 1.165) is 12.8 Å². The highest BCUT2D eigenvalue weighted by atomic mass is 17.0. The van der Waals surface area contributed by atoms with Crippen LogP contribution in [0.4, 0.5) is 9.59 Å². The quantitative estimate of drug-likeness (QED) is 0.103. The number of ether oxygens (including phenoxy) is 5. The van der Waals surface area contributed by atoms with Crippen molar-refractivity contribution in [1.29, 1.82) is 0 Å². The fraction of sp³-hybridized carbons (Fsp3) is 0.800. The van der Waals surface area contributed by atoms with Gasteiger partial charge in [0.1, 0.15) is 19.8 Å². The molecule has 0 heterocycles. The van der Waals surface area contributed by atoms with Gasteiger partial charge in [0.25, 0.3) is 5.09 Å². The topological polar surface area (TPSA) is 162 Å². The van der Waals surface area contributed by atoms with Crippen LogP contribution in [0.5, 0.6) is 0 Å². The highest BCUT2D eigenvalue weighted by Gasteiger charge is 2.16. The number of esters is 1. The summed E-state index contributed by atoms with van der Waals surface area (Å²) in [5.74, 6) is -0.851. The first-order valence-corrected chi connectivity index (χ1v) is 8.63. The lowest BCUT2D eigenvalue weighted by atomic mass is 10.3. The Morgan fingerprint density at radius 1 is 1.00 bits per heavy atom. The molecule has 0 bridgehead atoms. The van der Waals surface area contributed by atoms with Crippen LogP contribution in [0.3, 0.4) is 0 Å². The number of carbonyl (C=O) groups excluding carboxylic acids is 3. The van der Waals surface area contributed by atoms with E-state index in [9.17, 15) is 24.5 Å². The average molecular weight is 410 g/mol. The Labute approximate surface area is 161 Å². The molecule has 0 spiro atoms. The molecule has 162 valence electrons. The van der Waals surface area contributed by atoms with Gasteiger partial charge in [0, 0.05) is 6.92 Å². The van der Waals surface area contributed by atoms with Gasteiger partial charge in [0.2, 0.25) is 6.29 Å². The summed E-state index contributed by atoms with van der Waals surface area (Å²) in [7, 11) is 0. The minimum absolute atomic E-state index is 0.00974. The third-order valence-electron chi connectivity index (χ3n) is 2.79. The van der Waals surface area contributed by atoms with E-state index in [-0.39, 0.29) is 33.0 Å². The maximum Gasteiger partial charge on any atom is 0.511 e. The molecule has 0 aliphatic carbocycles. The Hall–Kier alpha value is -2.83. The van der Waals surface area contributed by atoms with Gasteiger partial charge in [0.15, 0.2) is 0 Å². The Morgan fingerprint density at radius 3 is 2.39 bits per heavy atom. The van der Waals surface area contributed by atoms with E-state index in [0.29, 0.717) is 6.42 Å². The minimum atomic E-state index is -1.18. The lowest BCUT2D eigenvalue weighted by Gasteiger charge is -2.14. The van der Waals surface area contributed by atoms with Crippen LogP contribution in [-0.2, 0) is 33.3 Å². The van der Waals surface area contributed by atoms with Gasteiger partial charge in [-0.15, -0.1) is 10.1 Å². The summed E-state index contributed by atoms with van der Waals surface area (Å²) >= 11 is 0. The molecule has 0 radical (unpaired) electrons. The third-order valence-corrected chi connectivity index (χ3v) is 2.79. The monoisotopic (exact) mass is 410 g/mol. The molecular weight excluding hydrogens is 384 g/mol. The number of amides is 1. The summed E-state index contributed by atoms with van der Waals surface area (Å²) in [6.07, 6.45) is -0.420. The highest BCUT2D eigenvalue weighted by Crippen LogP contribution is 2.00. The Morgan fingerprint density at radius 2 is 1.71 bits per heavy atom. The molecule has 0 aromatic carbocycles. The molecule has 0 aliphatic rings. The minimum Gasteiger partial charge on any atom is -0.447 e. The van der Waals surface area contributed by atoms with Gasteiger partial charge in [-0.2, -0.15) is 0 Å². The number of unbranched alkanes of at least 4 members (excludes halogenated alkanes) is 2. The molecular formula is C15H26N2O11. The second-order valence-corrected chi connectivity index (χ2v) is 5.14. The van der Waals surface area contributed by atoms with Crippen LogP contribution in [0.2, 0.25) is 0 Å². The molecule has 1 unspecified atom stereocenters. The van der Waals surface area contributed by atoms with Crippen LogP contribution < -0.4 is 5.32 Å². The zero-order valence-electron chi connectivity index (χ0n) is 15.9. The first-order valence-electron chi connectivity index (χ1n) is 8.63.